The normalized spacial score (nSPS) is 14.4. The number of benzene rings is 1. The number of hydrogen-bond acceptors (Lipinski definition) is 3. The summed E-state index contributed by atoms with van der Waals surface area (Å²) < 4.78 is 25.7. The predicted molar refractivity (Wildman–Crippen MR) is 95.1 cm³/mol. The average Bonchev–Trinajstić information content (AvgIpc) is 2.41. The minimum atomic E-state index is -3.58. The van der Waals surface area contributed by atoms with Crippen molar-refractivity contribution in [1.29, 1.82) is 0 Å². The fourth-order valence-corrected chi connectivity index (χ4v) is 3.35. The van der Waals surface area contributed by atoms with Gasteiger partial charge in [0.15, 0.2) is 0 Å². The molecule has 2 atom stereocenters. The monoisotopic (exact) mass is 340 g/mol. The SMILES string of the molecule is Cc1ccc(N([C@H](C)C(=O)N[C@H](C)C(C)C)S(C)(=O)=O)cc1C. The number of nitrogens with one attached hydrogen (secondary N) is 1. The summed E-state index contributed by atoms with van der Waals surface area (Å²) in [6.45, 7) is 11.4. The number of nitrogens with zero attached hydrogens (tertiary/aromatic N) is 1. The lowest BCUT2D eigenvalue weighted by atomic mass is 10.1. The van der Waals surface area contributed by atoms with Crippen molar-refractivity contribution in [1.82, 2.24) is 5.32 Å². The maximum absolute atomic E-state index is 12.5. The minimum absolute atomic E-state index is 0.0221. The number of amides is 1. The Labute approximate surface area is 140 Å². The molecule has 0 unspecified atom stereocenters. The summed E-state index contributed by atoms with van der Waals surface area (Å²) >= 11 is 0. The Morgan fingerprint density at radius 3 is 2.09 bits per heavy atom. The number of rotatable bonds is 6. The van der Waals surface area contributed by atoms with E-state index < -0.39 is 16.1 Å². The van der Waals surface area contributed by atoms with E-state index in [4.69, 9.17) is 0 Å². The van der Waals surface area contributed by atoms with Gasteiger partial charge in [-0.05, 0) is 56.9 Å². The van der Waals surface area contributed by atoms with Gasteiger partial charge in [-0.2, -0.15) is 0 Å². The molecule has 0 heterocycles. The molecule has 1 N–H and O–H groups in total. The average molecular weight is 340 g/mol. The van der Waals surface area contributed by atoms with Gasteiger partial charge in [-0.3, -0.25) is 9.10 Å². The van der Waals surface area contributed by atoms with Crippen LogP contribution < -0.4 is 9.62 Å². The van der Waals surface area contributed by atoms with Crippen molar-refractivity contribution in [2.75, 3.05) is 10.6 Å². The summed E-state index contributed by atoms with van der Waals surface area (Å²) in [5, 5.41) is 2.88. The molecular formula is C17H28N2O3S. The molecular weight excluding hydrogens is 312 g/mol. The topological polar surface area (TPSA) is 66.5 Å². The van der Waals surface area contributed by atoms with E-state index in [2.05, 4.69) is 5.32 Å². The van der Waals surface area contributed by atoms with Gasteiger partial charge < -0.3 is 5.32 Å². The fraction of sp³-hybridized carbons (Fsp3) is 0.588. The molecule has 0 saturated carbocycles. The molecule has 0 spiro atoms. The van der Waals surface area contributed by atoms with E-state index in [0.717, 1.165) is 17.4 Å². The molecule has 0 aliphatic rings. The maximum Gasteiger partial charge on any atom is 0.243 e. The fourth-order valence-electron chi connectivity index (χ4n) is 2.18. The summed E-state index contributed by atoms with van der Waals surface area (Å²) in [4.78, 5) is 12.5. The summed E-state index contributed by atoms with van der Waals surface area (Å²) in [6.07, 6.45) is 1.12. The Hall–Kier alpha value is -1.56. The zero-order chi connectivity index (χ0) is 17.9. The van der Waals surface area contributed by atoms with Gasteiger partial charge in [-0.15, -0.1) is 0 Å². The standard InChI is InChI=1S/C17H28N2O3S/c1-11(2)14(5)18-17(20)15(6)19(23(7,21)22)16-9-8-12(3)13(4)10-16/h8-11,14-15H,1-7H3,(H,18,20)/t14-,15-/m1/s1. The first-order valence-corrected chi connectivity index (χ1v) is 9.67. The van der Waals surface area contributed by atoms with Crippen LogP contribution in [0.2, 0.25) is 0 Å². The van der Waals surface area contributed by atoms with Gasteiger partial charge in [0.25, 0.3) is 0 Å². The van der Waals surface area contributed by atoms with Crippen molar-refractivity contribution >= 4 is 21.6 Å². The van der Waals surface area contributed by atoms with E-state index >= 15 is 0 Å². The molecule has 1 aromatic carbocycles. The lowest BCUT2D eigenvalue weighted by molar-refractivity contribution is -0.122. The van der Waals surface area contributed by atoms with Crippen LogP contribution in [-0.2, 0) is 14.8 Å². The minimum Gasteiger partial charge on any atom is -0.352 e. The van der Waals surface area contributed by atoms with Crippen molar-refractivity contribution in [3.63, 3.8) is 0 Å². The second-order valence-corrected chi connectivity index (χ2v) is 8.40. The van der Waals surface area contributed by atoms with Gasteiger partial charge in [-0.1, -0.05) is 19.9 Å². The Morgan fingerprint density at radius 1 is 1.09 bits per heavy atom. The third kappa shape index (κ3) is 4.96. The van der Waals surface area contributed by atoms with Crippen LogP contribution in [0.3, 0.4) is 0 Å². The lowest BCUT2D eigenvalue weighted by Gasteiger charge is -2.30. The van der Waals surface area contributed by atoms with Crippen LogP contribution in [0.1, 0.15) is 38.8 Å². The highest BCUT2D eigenvalue weighted by molar-refractivity contribution is 7.92. The maximum atomic E-state index is 12.5. The molecule has 0 bridgehead atoms. The first kappa shape index (κ1) is 19.5. The molecule has 1 aromatic rings. The first-order chi connectivity index (χ1) is 10.4. The number of sulfonamides is 1. The Bertz CT molecular complexity index is 668. The number of aryl methyl sites for hydroxylation is 2. The molecule has 1 rings (SSSR count). The van der Waals surface area contributed by atoms with E-state index in [9.17, 15) is 13.2 Å². The van der Waals surface area contributed by atoms with E-state index in [-0.39, 0.29) is 17.9 Å². The van der Waals surface area contributed by atoms with Gasteiger partial charge in [-0.25, -0.2) is 8.42 Å². The number of carbonyl (C=O) groups excluding carboxylic acids is 1. The molecule has 0 saturated heterocycles. The Kier molecular flexibility index (Phi) is 6.22. The molecule has 0 aliphatic carbocycles. The van der Waals surface area contributed by atoms with Crippen molar-refractivity contribution in [3.05, 3.63) is 29.3 Å². The Morgan fingerprint density at radius 2 is 1.65 bits per heavy atom. The molecule has 23 heavy (non-hydrogen) atoms. The third-order valence-electron chi connectivity index (χ3n) is 4.20. The quantitative estimate of drug-likeness (QED) is 0.865. The zero-order valence-corrected chi connectivity index (χ0v) is 15.9. The highest BCUT2D eigenvalue weighted by Crippen LogP contribution is 2.23. The largest absolute Gasteiger partial charge is 0.352 e. The Balaban J connectivity index is 3.17. The van der Waals surface area contributed by atoms with Crippen molar-refractivity contribution in [3.8, 4) is 0 Å². The highest BCUT2D eigenvalue weighted by Gasteiger charge is 2.30. The van der Waals surface area contributed by atoms with Gasteiger partial charge in [0.2, 0.25) is 15.9 Å². The van der Waals surface area contributed by atoms with Crippen molar-refractivity contribution in [2.45, 2.75) is 53.6 Å². The molecule has 0 aromatic heterocycles. The molecule has 130 valence electrons. The van der Waals surface area contributed by atoms with Gasteiger partial charge in [0.05, 0.1) is 11.9 Å². The van der Waals surface area contributed by atoms with Gasteiger partial charge >= 0.3 is 0 Å². The first-order valence-electron chi connectivity index (χ1n) is 7.82. The molecule has 0 fully saturated rings. The van der Waals surface area contributed by atoms with Crippen LogP contribution in [0.4, 0.5) is 5.69 Å². The molecule has 1 amide bonds. The number of hydrogen-bond donors (Lipinski definition) is 1. The van der Waals surface area contributed by atoms with Crippen LogP contribution in [0.5, 0.6) is 0 Å². The van der Waals surface area contributed by atoms with Crippen LogP contribution in [-0.4, -0.2) is 32.7 Å². The van der Waals surface area contributed by atoms with Crippen LogP contribution in [0, 0.1) is 19.8 Å². The summed E-state index contributed by atoms with van der Waals surface area (Å²) in [7, 11) is -3.58. The zero-order valence-electron chi connectivity index (χ0n) is 15.0. The van der Waals surface area contributed by atoms with Crippen molar-refractivity contribution < 1.29 is 13.2 Å². The van der Waals surface area contributed by atoms with Crippen LogP contribution in [0.25, 0.3) is 0 Å². The van der Waals surface area contributed by atoms with Crippen molar-refractivity contribution in [2.24, 2.45) is 5.92 Å². The smallest absolute Gasteiger partial charge is 0.243 e. The van der Waals surface area contributed by atoms with E-state index in [1.54, 1.807) is 19.1 Å². The van der Waals surface area contributed by atoms with E-state index in [0.29, 0.717) is 5.69 Å². The lowest BCUT2D eigenvalue weighted by Crippen LogP contribution is -2.50. The van der Waals surface area contributed by atoms with E-state index in [1.165, 1.54) is 4.31 Å². The molecule has 6 heteroatoms. The van der Waals surface area contributed by atoms with Gasteiger partial charge in [0.1, 0.15) is 6.04 Å². The highest BCUT2D eigenvalue weighted by atomic mass is 32.2. The number of carbonyl (C=O) groups is 1. The third-order valence-corrected chi connectivity index (χ3v) is 5.45. The second-order valence-electron chi connectivity index (χ2n) is 6.54. The molecule has 5 nitrogen and oxygen atoms in total. The van der Waals surface area contributed by atoms with Crippen LogP contribution >= 0.6 is 0 Å². The van der Waals surface area contributed by atoms with Gasteiger partial charge in [0, 0.05) is 6.04 Å². The van der Waals surface area contributed by atoms with E-state index in [1.807, 2.05) is 40.7 Å². The second kappa shape index (κ2) is 7.34. The summed E-state index contributed by atoms with van der Waals surface area (Å²) in [5.74, 6) is -0.0192. The predicted octanol–water partition coefficient (Wildman–Crippen LogP) is 2.62. The molecule has 0 radical (unpaired) electrons. The molecule has 0 aliphatic heterocycles. The summed E-state index contributed by atoms with van der Waals surface area (Å²) in [6, 6.07) is 4.56. The summed E-state index contributed by atoms with van der Waals surface area (Å²) in [5.41, 5.74) is 2.57. The number of anilines is 1. The van der Waals surface area contributed by atoms with Crippen LogP contribution in [0.15, 0.2) is 18.2 Å².